The number of aromatic nitrogens is 1. The summed E-state index contributed by atoms with van der Waals surface area (Å²) in [6.45, 7) is 1.76. The number of aromatic amines is 1. The molecule has 0 aliphatic rings. The van der Waals surface area contributed by atoms with Crippen molar-refractivity contribution < 1.29 is 21.6 Å². The standard InChI is InChI=1S/C18H17F3N2O2S/c1-2-13(7-11-10-22-17-6-4-3-5-14(11)17)23-26(24,25)18-15(20)8-12(19)9-16(18)21/h3-6,8-10,13,22-23H,2,7H2,1H3. The lowest BCUT2D eigenvalue weighted by atomic mass is 10.0. The molecule has 0 fully saturated rings. The molecule has 8 heteroatoms. The molecule has 1 aromatic heterocycles. The van der Waals surface area contributed by atoms with Crippen molar-refractivity contribution in [2.24, 2.45) is 0 Å². The summed E-state index contributed by atoms with van der Waals surface area (Å²) >= 11 is 0. The van der Waals surface area contributed by atoms with Gasteiger partial charge in [-0.2, -0.15) is 0 Å². The maximum atomic E-state index is 13.8. The highest BCUT2D eigenvalue weighted by Crippen LogP contribution is 2.23. The number of benzene rings is 2. The van der Waals surface area contributed by atoms with E-state index >= 15 is 0 Å². The highest BCUT2D eigenvalue weighted by atomic mass is 32.2. The number of rotatable bonds is 6. The van der Waals surface area contributed by atoms with Gasteiger partial charge in [-0.3, -0.25) is 0 Å². The van der Waals surface area contributed by atoms with E-state index in [-0.39, 0.29) is 0 Å². The summed E-state index contributed by atoms with van der Waals surface area (Å²) in [7, 11) is -4.48. The summed E-state index contributed by atoms with van der Waals surface area (Å²) in [5, 5.41) is 0.948. The van der Waals surface area contributed by atoms with Gasteiger partial charge in [0.2, 0.25) is 10.0 Å². The van der Waals surface area contributed by atoms with E-state index in [1.807, 2.05) is 24.3 Å². The Kier molecular flexibility index (Phi) is 5.06. The SMILES string of the molecule is CCC(Cc1c[nH]c2ccccc12)NS(=O)(=O)c1c(F)cc(F)cc1F. The number of fused-ring (bicyclic) bond motifs is 1. The van der Waals surface area contributed by atoms with Crippen LogP contribution in [0.5, 0.6) is 0 Å². The second-order valence-electron chi connectivity index (χ2n) is 5.99. The van der Waals surface area contributed by atoms with Gasteiger partial charge in [-0.25, -0.2) is 26.3 Å². The maximum Gasteiger partial charge on any atom is 0.246 e. The van der Waals surface area contributed by atoms with Gasteiger partial charge in [0.15, 0.2) is 4.90 Å². The topological polar surface area (TPSA) is 62.0 Å². The van der Waals surface area contributed by atoms with Crippen LogP contribution in [0, 0.1) is 17.5 Å². The number of para-hydroxylation sites is 1. The van der Waals surface area contributed by atoms with Crippen LogP contribution >= 0.6 is 0 Å². The molecule has 0 saturated carbocycles. The third-order valence-electron chi connectivity index (χ3n) is 4.19. The van der Waals surface area contributed by atoms with E-state index in [0.29, 0.717) is 25.0 Å². The number of hydrogen-bond acceptors (Lipinski definition) is 2. The molecule has 2 N–H and O–H groups in total. The zero-order valence-electron chi connectivity index (χ0n) is 13.9. The number of sulfonamides is 1. The lowest BCUT2D eigenvalue weighted by Crippen LogP contribution is -2.36. The van der Waals surface area contributed by atoms with Gasteiger partial charge in [0.25, 0.3) is 0 Å². The van der Waals surface area contributed by atoms with E-state index in [1.54, 1.807) is 13.1 Å². The van der Waals surface area contributed by atoms with Crippen LogP contribution in [-0.2, 0) is 16.4 Å². The molecule has 26 heavy (non-hydrogen) atoms. The fourth-order valence-corrected chi connectivity index (χ4v) is 4.34. The fourth-order valence-electron chi connectivity index (χ4n) is 2.90. The van der Waals surface area contributed by atoms with Crippen LogP contribution in [-0.4, -0.2) is 19.4 Å². The molecule has 1 heterocycles. The molecule has 138 valence electrons. The molecule has 0 aliphatic heterocycles. The largest absolute Gasteiger partial charge is 0.361 e. The first-order valence-electron chi connectivity index (χ1n) is 8.03. The number of nitrogens with one attached hydrogen (secondary N) is 2. The van der Waals surface area contributed by atoms with Crippen molar-refractivity contribution in [3.63, 3.8) is 0 Å². The lowest BCUT2D eigenvalue weighted by molar-refractivity contribution is 0.485. The minimum absolute atomic E-state index is 0.337. The van der Waals surface area contributed by atoms with E-state index in [1.165, 1.54) is 0 Å². The number of hydrogen-bond donors (Lipinski definition) is 2. The highest BCUT2D eigenvalue weighted by molar-refractivity contribution is 7.89. The van der Waals surface area contributed by atoms with Crippen molar-refractivity contribution in [3.05, 3.63) is 65.6 Å². The van der Waals surface area contributed by atoms with E-state index in [9.17, 15) is 21.6 Å². The van der Waals surface area contributed by atoms with Gasteiger partial charge >= 0.3 is 0 Å². The first-order chi connectivity index (χ1) is 12.3. The van der Waals surface area contributed by atoms with Crippen LogP contribution in [0.2, 0.25) is 0 Å². The van der Waals surface area contributed by atoms with Gasteiger partial charge in [-0.1, -0.05) is 25.1 Å². The Hall–Kier alpha value is -2.32. The molecule has 1 atom stereocenters. The van der Waals surface area contributed by atoms with Crippen molar-refractivity contribution in [2.45, 2.75) is 30.7 Å². The summed E-state index contributed by atoms with van der Waals surface area (Å²) in [6, 6.07) is 7.66. The molecule has 0 bridgehead atoms. The molecule has 0 saturated heterocycles. The summed E-state index contributed by atoms with van der Waals surface area (Å²) in [4.78, 5) is 1.93. The Morgan fingerprint density at radius 3 is 2.42 bits per heavy atom. The van der Waals surface area contributed by atoms with Crippen LogP contribution < -0.4 is 4.72 Å². The van der Waals surface area contributed by atoms with Crippen LogP contribution in [0.25, 0.3) is 10.9 Å². The molecule has 4 nitrogen and oxygen atoms in total. The van der Waals surface area contributed by atoms with Crippen molar-refractivity contribution in [1.29, 1.82) is 0 Å². The Balaban J connectivity index is 1.88. The molecular weight excluding hydrogens is 365 g/mol. The van der Waals surface area contributed by atoms with Gasteiger partial charge < -0.3 is 4.98 Å². The molecule has 0 radical (unpaired) electrons. The Bertz CT molecular complexity index is 1020. The van der Waals surface area contributed by atoms with Crippen molar-refractivity contribution in [1.82, 2.24) is 9.71 Å². The molecule has 1 unspecified atom stereocenters. The summed E-state index contributed by atoms with van der Waals surface area (Å²) in [5.41, 5.74) is 1.80. The monoisotopic (exact) mass is 382 g/mol. The second-order valence-corrected chi connectivity index (χ2v) is 7.64. The van der Waals surface area contributed by atoms with Gasteiger partial charge in [0.05, 0.1) is 0 Å². The third-order valence-corrected chi connectivity index (χ3v) is 5.76. The second kappa shape index (κ2) is 7.13. The molecule has 0 aliphatic carbocycles. The first kappa shape index (κ1) is 18.5. The minimum atomic E-state index is -4.48. The van der Waals surface area contributed by atoms with Gasteiger partial charge in [-0.15, -0.1) is 0 Å². The average Bonchev–Trinajstić information content (AvgIpc) is 2.96. The van der Waals surface area contributed by atoms with Gasteiger partial charge in [-0.05, 0) is 24.5 Å². The Morgan fingerprint density at radius 1 is 1.12 bits per heavy atom. The summed E-state index contributed by atoms with van der Waals surface area (Å²) < 4.78 is 67.9. The smallest absolute Gasteiger partial charge is 0.246 e. The van der Waals surface area contributed by atoms with Gasteiger partial charge in [0, 0.05) is 35.3 Å². The molecule has 0 spiro atoms. The predicted molar refractivity (Wildman–Crippen MR) is 92.7 cm³/mol. The highest BCUT2D eigenvalue weighted by Gasteiger charge is 2.27. The minimum Gasteiger partial charge on any atom is -0.361 e. The third kappa shape index (κ3) is 3.61. The maximum absolute atomic E-state index is 13.8. The van der Waals surface area contributed by atoms with E-state index in [0.717, 1.165) is 16.5 Å². The number of H-pyrrole nitrogens is 1. The zero-order chi connectivity index (χ0) is 18.9. The van der Waals surface area contributed by atoms with Crippen molar-refractivity contribution in [2.75, 3.05) is 0 Å². The van der Waals surface area contributed by atoms with E-state index in [4.69, 9.17) is 0 Å². The summed E-state index contributed by atoms with van der Waals surface area (Å²) in [5.74, 6) is -4.10. The van der Waals surface area contributed by atoms with Crippen LogP contribution in [0.3, 0.4) is 0 Å². The van der Waals surface area contributed by atoms with Crippen molar-refractivity contribution >= 4 is 20.9 Å². The Morgan fingerprint density at radius 2 is 1.77 bits per heavy atom. The Labute approximate surface area is 149 Å². The van der Waals surface area contributed by atoms with Crippen LogP contribution in [0.1, 0.15) is 18.9 Å². The molecule has 3 rings (SSSR count). The predicted octanol–water partition coefficient (Wildman–Crippen LogP) is 3.88. The summed E-state index contributed by atoms with van der Waals surface area (Å²) in [6.07, 6.45) is 2.52. The average molecular weight is 382 g/mol. The first-order valence-corrected chi connectivity index (χ1v) is 9.52. The van der Waals surface area contributed by atoms with E-state index < -0.39 is 38.4 Å². The zero-order valence-corrected chi connectivity index (χ0v) is 14.7. The number of halogens is 3. The molecule has 0 amide bonds. The van der Waals surface area contributed by atoms with Gasteiger partial charge in [0.1, 0.15) is 17.5 Å². The van der Waals surface area contributed by atoms with E-state index in [2.05, 4.69) is 9.71 Å². The molecular formula is C18H17F3N2O2S. The normalized spacial score (nSPS) is 13.2. The van der Waals surface area contributed by atoms with Crippen LogP contribution in [0.15, 0.2) is 47.5 Å². The molecule has 3 aromatic rings. The van der Waals surface area contributed by atoms with Crippen LogP contribution in [0.4, 0.5) is 13.2 Å². The van der Waals surface area contributed by atoms with Crippen molar-refractivity contribution in [3.8, 4) is 0 Å². The quantitative estimate of drug-likeness (QED) is 0.680. The fraction of sp³-hybridized carbons (Fsp3) is 0.222. The lowest BCUT2D eigenvalue weighted by Gasteiger charge is -2.17. The molecule has 2 aromatic carbocycles.